The number of non-ortho nitro benzene ring substituents is 1. The van der Waals surface area contributed by atoms with Crippen LogP contribution in [0.2, 0.25) is 0 Å². The molecule has 0 fully saturated rings. The number of halogens is 2. The molecule has 92 valence electrons. The Hall–Kier alpha value is -1.61. The molecule has 0 aliphatic heterocycles. The highest BCUT2D eigenvalue weighted by atomic mass is 79.9. The van der Waals surface area contributed by atoms with Crippen LogP contribution in [0.4, 0.5) is 17.3 Å². The van der Waals surface area contributed by atoms with Crippen LogP contribution in [0.15, 0.2) is 33.7 Å². The van der Waals surface area contributed by atoms with Gasteiger partial charge in [0, 0.05) is 17.8 Å². The minimum absolute atomic E-state index is 0.0264. The molecule has 0 aliphatic rings. The van der Waals surface area contributed by atoms with E-state index in [2.05, 4.69) is 52.1 Å². The predicted molar refractivity (Wildman–Crippen MR) is 71.6 cm³/mol. The van der Waals surface area contributed by atoms with E-state index < -0.39 is 4.92 Å². The van der Waals surface area contributed by atoms with E-state index in [4.69, 9.17) is 0 Å². The van der Waals surface area contributed by atoms with Crippen molar-refractivity contribution in [2.75, 3.05) is 5.32 Å². The van der Waals surface area contributed by atoms with Crippen molar-refractivity contribution in [1.29, 1.82) is 0 Å². The average Bonchev–Trinajstić information content (AvgIpc) is 2.28. The van der Waals surface area contributed by atoms with Crippen molar-refractivity contribution in [3.8, 4) is 0 Å². The molecule has 1 heterocycles. The number of benzene rings is 1. The first kappa shape index (κ1) is 12.8. The molecule has 0 unspecified atom stereocenters. The summed E-state index contributed by atoms with van der Waals surface area (Å²) < 4.78 is 0.766. The zero-order chi connectivity index (χ0) is 13.1. The molecule has 0 spiro atoms. The van der Waals surface area contributed by atoms with Crippen molar-refractivity contribution in [2.45, 2.75) is 0 Å². The van der Waals surface area contributed by atoms with Gasteiger partial charge >= 0.3 is 0 Å². The van der Waals surface area contributed by atoms with E-state index in [-0.39, 0.29) is 5.69 Å². The van der Waals surface area contributed by atoms with Crippen LogP contribution in [0.25, 0.3) is 0 Å². The van der Waals surface area contributed by atoms with Gasteiger partial charge in [0.25, 0.3) is 5.69 Å². The van der Waals surface area contributed by atoms with E-state index in [9.17, 15) is 10.1 Å². The van der Waals surface area contributed by atoms with Crippen LogP contribution in [-0.2, 0) is 0 Å². The minimum Gasteiger partial charge on any atom is -0.324 e. The minimum atomic E-state index is -0.458. The summed E-state index contributed by atoms with van der Waals surface area (Å²) in [5.41, 5.74) is 0.671. The van der Waals surface area contributed by atoms with Gasteiger partial charge in [-0.1, -0.05) is 0 Å². The molecule has 1 aromatic carbocycles. The van der Waals surface area contributed by atoms with Crippen LogP contribution in [0.1, 0.15) is 0 Å². The van der Waals surface area contributed by atoms with Crippen molar-refractivity contribution in [2.24, 2.45) is 0 Å². The van der Waals surface area contributed by atoms with Crippen molar-refractivity contribution in [3.05, 3.63) is 43.8 Å². The molecule has 0 saturated heterocycles. The number of nitrogens with one attached hydrogen (secondary N) is 1. The SMILES string of the molecule is O=[N+]([O-])c1ccc(Nc2nc(Br)nc(Br)n2)cc1. The van der Waals surface area contributed by atoms with Crippen LogP contribution in [0.5, 0.6) is 0 Å². The lowest BCUT2D eigenvalue weighted by atomic mass is 10.3. The van der Waals surface area contributed by atoms with Gasteiger partial charge in [-0.3, -0.25) is 10.1 Å². The molecule has 0 radical (unpaired) electrons. The summed E-state index contributed by atoms with van der Waals surface area (Å²) in [5, 5.41) is 13.4. The molecule has 9 heteroatoms. The first-order chi connectivity index (χ1) is 8.54. The molecule has 0 bridgehead atoms. The molecule has 18 heavy (non-hydrogen) atoms. The highest BCUT2D eigenvalue weighted by Gasteiger charge is 2.06. The van der Waals surface area contributed by atoms with Crippen molar-refractivity contribution < 1.29 is 4.92 Å². The van der Waals surface area contributed by atoms with Crippen LogP contribution < -0.4 is 5.32 Å². The second kappa shape index (κ2) is 5.36. The Morgan fingerprint density at radius 1 is 1.06 bits per heavy atom. The second-order valence-corrected chi connectivity index (χ2v) is 4.54. The summed E-state index contributed by atoms with van der Waals surface area (Å²) >= 11 is 6.27. The lowest BCUT2D eigenvalue weighted by Crippen LogP contribution is -1.99. The first-order valence-corrected chi connectivity index (χ1v) is 6.22. The van der Waals surface area contributed by atoms with E-state index in [1.54, 1.807) is 12.1 Å². The normalized spacial score (nSPS) is 10.1. The number of hydrogen-bond acceptors (Lipinski definition) is 6. The molecule has 0 aliphatic carbocycles. The maximum Gasteiger partial charge on any atom is 0.269 e. The Morgan fingerprint density at radius 3 is 2.11 bits per heavy atom. The van der Waals surface area contributed by atoms with Crippen molar-refractivity contribution in [1.82, 2.24) is 15.0 Å². The maximum atomic E-state index is 10.5. The Morgan fingerprint density at radius 2 is 1.61 bits per heavy atom. The van der Waals surface area contributed by atoms with Gasteiger partial charge in [-0.25, -0.2) is 0 Å². The van der Waals surface area contributed by atoms with E-state index in [1.807, 2.05) is 0 Å². The summed E-state index contributed by atoms with van der Waals surface area (Å²) in [7, 11) is 0. The molecule has 0 atom stereocenters. The molecule has 7 nitrogen and oxygen atoms in total. The monoisotopic (exact) mass is 373 g/mol. The van der Waals surface area contributed by atoms with Crippen LogP contribution in [0, 0.1) is 10.1 Å². The average molecular weight is 375 g/mol. The van der Waals surface area contributed by atoms with Gasteiger partial charge in [-0.05, 0) is 44.0 Å². The Balaban J connectivity index is 2.20. The number of rotatable bonds is 3. The number of anilines is 2. The Bertz CT molecular complexity index is 570. The second-order valence-electron chi connectivity index (χ2n) is 3.13. The lowest BCUT2D eigenvalue weighted by Gasteiger charge is -2.04. The third kappa shape index (κ3) is 3.20. The molecule has 1 N–H and O–H groups in total. The molecular formula is C9H5Br2N5O2. The molecular weight excluding hydrogens is 370 g/mol. The van der Waals surface area contributed by atoms with Crippen molar-refractivity contribution >= 4 is 49.2 Å². The standard InChI is InChI=1S/C9H5Br2N5O2/c10-7-13-8(11)15-9(14-7)12-5-1-3-6(4-2-5)16(17)18/h1-4H,(H,12,13,14,15). The van der Waals surface area contributed by atoms with Gasteiger partial charge in [0.15, 0.2) is 0 Å². The molecule has 1 aromatic heterocycles. The maximum absolute atomic E-state index is 10.5. The number of nitro groups is 1. The van der Waals surface area contributed by atoms with E-state index >= 15 is 0 Å². The van der Waals surface area contributed by atoms with Gasteiger partial charge < -0.3 is 5.32 Å². The Labute approximate surface area is 118 Å². The molecule has 0 amide bonds. The van der Waals surface area contributed by atoms with Gasteiger partial charge in [0.05, 0.1) is 4.92 Å². The summed E-state index contributed by atoms with van der Waals surface area (Å²) in [6.45, 7) is 0. The molecule has 2 aromatic rings. The number of hydrogen-bond donors (Lipinski definition) is 1. The predicted octanol–water partition coefficient (Wildman–Crippen LogP) is 3.05. The van der Waals surface area contributed by atoms with E-state index in [0.717, 1.165) is 0 Å². The van der Waals surface area contributed by atoms with E-state index in [0.29, 0.717) is 21.1 Å². The third-order valence-corrected chi connectivity index (χ3v) is 2.62. The largest absolute Gasteiger partial charge is 0.324 e. The van der Waals surface area contributed by atoms with Gasteiger partial charge in [-0.2, -0.15) is 15.0 Å². The zero-order valence-electron chi connectivity index (χ0n) is 8.67. The van der Waals surface area contributed by atoms with Gasteiger partial charge in [-0.15, -0.1) is 0 Å². The molecule has 0 saturated carbocycles. The highest BCUT2D eigenvalue weighted by molar-refractivity contribution is 9.11. The number of aromatic nitrogens is 3. The van der Waals surface area contributed by atoms with Crippen molar-refractivity contribution in [3.63, 3.8) is 0 Å². The summed E-state index contributed by atoms with van der Waals surface area (Å²) in [6.07, 6.45) is 0. The number of nitro benzene ring substituents is 1. The summed E-state index contributed by atoms with van der Waals surface area (Å²) in [6, 6.07) is 5.94. The fraction of sp³-hybridized carbons (Fsp3) is 0. The fourth-order valence-corrected chi connectivity index (χ4v) is 2.09. The van der Waals surface area contributed by atoms with E-state index in [1.165, 1.54) is 12.1 Å². The summed E-state index contributed by atoms with van der Waals surface area (Å²) in [5.74, 6) is 0.331. The Kier molecular flexibility index (Phi) is 3.82. The number of nitrogens with zero attached hydrogens (tertiary/aromatic N) is 4. The fourth-order valence-electron chi connectivity index (χ4n) is 1.18. The quantitative estimate of drug-likeness (QED) is 0.655. The first-order valence-electron chi connectivity index (χ1n) is 4.63. The van der Waals surface area contributed by atoms with Crippen LogP contribution >= 0.6 is 31.9 Å². The third-order valence-electron chi connectivity index (χ3n) is 1.92. The summed E-state index contributed by atoms with van der Waals surface area (Å²) in [4.78, 5) is 21.9. The molecule has 2 rings (SSSR count). The van der Waals surface area contributed by atoms with Gasteiger partial charge in [0.2, 0.25) is 15.4 Å². The van der Waals surface area contributed by atoms with Crippen LogP contribution in [0.3, 0.4) is 0 Å². The highest BCUT2D eigenvalue weighted by Crippen LogP contribution is 2.19. The zero-order valence-corrected chi connectivity index (χ0v) is 11.8. The van der Waals surface area contributed by atoms with Crippen LogP contribution in [-0.4, -0.2) is 19.9 Å². The topological polar surface area (TPSA) is 93.8 Å². The smallest absolute Gasteiger partial charge is 0.269 e. The lowest BCUT2D eigenvalue weighted by molar-refractivity contribution is -0.384. The van der Waals surface area contributed by atoms with Gasteiger partial charge in [0.1, 0.15) is 0 Å².